The molecular formula is C21H20N4O2S. The third kappa shape index (κ3) is 3.06. The normalized spacial score (nSPS) is 14.3. The van der Waals surface area contributed by atoms with E-state index in [0.29, 0.717) is 12.2 Å². The molecule has 5 rings (SSSR count). The van der Waals surface area contributed by atoms with Gasteiger partial charge in [-0.05, 0) is 55.5 Å². The van der Waals surface area contributed by atoms with E-state index in [1.165, 1.54) is 16.9 Å². The molecule has 1 aliphatic rings. The van der Waals surface area contributed by atoms with Crippen LogP contribution in [0.25, 0.3) is 21.6 Å². The summed E-state index contributed by atoms with van der Waals surface area (Å²) in [6.45, 7) is 0.0593. The van der Waals surface area contributed by atoms with Crippen molar-refractivity contribution in [3.05, 3.63) is 59.1 Å². The molecule has 0 aromatic carbocycles. The minimum Gasteiger partial charge on any atom is -0.467 e. The number of aliphatic hydroxyl groups is 1. The molecule has 1 aliphatic carbocycles. The number of hydrogen-bond donors (Lipinski definition) is 2. The molecule has 4 heterocycles. The van der Waals surface area contributed by atoms with Gasteiger partial charge in [0.25, 0.3) is 0 Å². The van der Waals surface area contributed by atoms with Crippen LogP contribution in [0.5, 0.6) is 0 Å². The van der Waals surface area contributed by atoms with Gasteiger partial charge >= 0.3 is 0 Å². The minimum atomic E-state index is -0.156. The van der Waals surface area contributed by atoms with E-state index in [9.17, 15) is 5.11 Å². The zero-order valence-electron chi connectivity index (χ0n) is 15.3. The largest absolute Gasteiger partial charge is 0.467 e. The number of nitrogens with one attached hydrogen (secondary N) is 1. The molecule has 4 aromatic heterocycles. The van der Waals surface area contributed by atoms with E-state index >= 15 is 0 Å². The van der Waals surface area contributed by atoms with Gasteiger partial charge in [-0.25, -0.2) is 9.97 Å². The molecule has 0 spiro atoms. The molecule has 0 saturated heterocycles. The van der Waals surface area contributed by atoms with E-state index < -0.39 is 0 Å². The summed E-state index contributed by atoms with van der Waals surface area (Å²) < 4.78 is 5.60. The first-order chi connectivity index (χ1) is 13.8. The molecule has 0 bridgehead atoms. The van der Waals surface area contributed by atoms with Gasteiger partial charge in [0.1, 0.15) is 16.4 Å². The summed E-state index contributed by atoms with van der Waals surface area (Å²) in [7, 11) is 0. The molecule has 0 saturated carbocycles. The standard InChI is InChI=1S/C21H20N4O2S/c26-10-8-15(16-6-3-11-27-16)23-20-18-14-5-1-7-17(14)28-21(18)25-19(24-20)13-4-2-9-22-12-13/h2-4,6,9,11-12,15,26H,1,5,7-8,10H2,(H,23,24,25). The van der Waals surface area contributed by atoms with Crippen molar-refractivity contribution in [2.45, 2.75) is 31.7 Å². The molecule has 0 amide bonds. The maximum atomic E-state index is 9.55. The summed E-state index contributed by atoms with van der Waals surface area (Å²) in [4.78, 5) is 16.3. The lowest BCUT2D eigenvalue weighted by atomic mass is 10.1. The number of aliphatic hydroxyl groups excluding tert-OH is 1. The molecule has 0 aliphatic heterocycles. The number of pyridine rings is 1. The van der Waals surface area contributed by atoms with Crippen molar-refractivity contribution >= 4 is 27.4 Å². The average molecular weight is 392 g/mol. The first-order valence-corrected chi connectivity index (χ1v) is 10.3. The molecule has 28 heavy (non-hydrogen) atoms. The summed E-state index contributed by atoms with van der Waals surface area (Å²) >= 11 is 1.76. The highest BCUT2D eigenvalue weighted by Crippen LogP contribution is 2.41. The highest BCUT2D eigenvalue weighted by atomic mass is 32.1. The van der Waals surface area contributed by atoms with E-state index in [2.05, 4.69) is 10.3 Å². The molecule has 0 radical (unpaired) electrons. The average Bonchev–Trinajstić information content (AvgIpc) is 3.45. The van der Waals surface area contributed by atoms with Gasteiger partial charge in [0.15, 0.2) is 5.82 Å². The number of thiophene rings is 1. The first kappa shape index (κ1) is 17.3. The number of nitrogens with zero attached hydrogens (tertiary/aromatic N) is 3. The lowest BCUT2D eigenvalue weighted by Gasteiger charge is -2.18. The Hall–Kier alpha value is -2.77. The van der Waals surface area contributed by atoms with Crippen LogP contribution in [0.3, 0.4) is 0 Å². The molecule has 2 N–H and O–H groups in total. The SMILES string of the molecule is OCCC(Nc1nc(-c2cccnc2)nc2sc3c(c12)CCC3)c1ccco1. The fourth-order valence-electron chi connectivity index (χ4n) is 3.79. The Bertz CT molecular complexity index is 1090. The van der Waals surface area contributed by atoms with Crippen molar-refractivity contribution in [3.8, 4) is 11.4 Å². The van der Waals surface area contributed by atoms with Crippen molar-refractivity contribution < 1.29 is 9.52 Å². The van der Waals surface area contributed by atoms with Gasteiger partial charge in [-0.1, -0.05) is 0 Å². The monoisotopic (exact) mass is 392 g/mol. The number of anilines is 1. The Balaban J connectivity index is 1.65. The number of furan rings is 1. The second-order valence-corrected chi connectivity index (χ2v) is 7.98. The second-order valence-electron chi connectivity index (χ2n) is 6.90. The van der Waals surface area contributed by atoms with Crippen LogP contribution in [0.4, 0.5) is 5.82 Å². The van der Waals surface area contributed by atoms with Crippen molar-refractivity contribution in [2.75, 3.05) is 11.9 Å². The van der Waals surface area contributed by atoms with Crippen LogP contribution >= 0.6 is 11.3 Å². The van der Waals surface area contributed by atoms with Gasteiger partial charge in [-0.15, -0.1) is 11.3 Å². The summed E-state index contributed by atoms with van der Waals surface area (Å²) in [6.07, 6.45) is 9.06. The maximum absolute atomic E-state index is 9.55. The summed E-state index contributed by atoms with van der Waals surface area (Å²) in [6, 6.07) is 7.49. The summed E-state index contributed by atoms with van der Waals surface area (Å²) in [5.74, 6) is 2.25. The zero-order valence-corrected chi connectivity index (χ0v) is 16.1. The van der Waals surface area contributed by atoms with Crippen LogP contribution in [-0.2, 0) is 12.8 Å². The zero-order chi connectivity index (χ0) is 18.9. The van der Waals surface area contributed by atoms with Gasteiger partial charge in [0, 0.05) is 29.4 Å². The van der Waals surface area contributed by atoms with Crippen molar-refractivity contribution in [3.63, 3.8) is 0 Å². The van der Waals surface area contributed by atoms with Crippen molar-refractivity contribution in [1.82, 2.24) is 15.0 Å². The molecule has 7 heteroatoms. The Morgan fingerprint density at radius 3 is 2.96 bits per heavy atom. The lowest BCUT2D eigenvalue weighted by Crippen LogP contribution is -2.13. The topological polar surface area (TPSA) is 84.1 Å². The van der Waals surface area contributed by atoms with E-state index in [0.717, 1.165) is 40.2 Å². The fraction of sp³-hybridized carbons (Fsp3) is 0.286. The highest BCUT2D eigenvalue weighted by Gasteiger charge is 2.24. The van der Waals surface area contributed by atoms with E-state index in [1.54, 1.807) is 30.0 Å². The van der Waals surface area contributed by atoms with Crippen LogP contribution < -0.4 is 5.32 Å². The fourth-order valence-corrected chi connectivity index (χ4v) is 5.05. The smallest absolute Gasteiger partial charge is 0.164 e. The van der Waals surface area contributed by atoms with Crippen molar-refractivity contribution in [1.29, 1.82) is 0 Å². The molecule has 0 fully saturated rings. The lowest BCUT2D eigenvalue weighted by molar-refractivity contribution is 0.273. The van der Waals surface area contributed by atoms with Crippen molar-refractivity contribution in [2.24, 2.45) is 0 Å². The van der Waals surface area contributed by atoms with E-state index in [1.807, 2.05) is 24.3 Å². The Labute approximate surface area is 166 Å². The maximum Gasteiger partial charge on any atom is 0.164 e. The predicted molar refractivity (Wildman–Crippen MR) is 109 cm³/mol. The molecule has 1 atom stereocenters. The van der Waals surface area contributed by atoms with E-state index in [4.69, 9.17) is 14.4 Å². The van der Waals surface area contributed by atoms with Crippen LogP contribution in [0, 0.1) is 0 Å². The van der Waals surface area contributed by atoms with Crippen LogP contribution in [0.1, 0.15) is 35.1 Å². The van der Waals surface area contributed by atoms with Gasteiger partial charge < -0.3 is 14.8 Å². The number of fused-ring (bicyclic) bond motifs is 3. The highest BCUT2D eigenvalue weighted by molar-refractivity contribution is 7.19. The van der Waals surface area contributed by atoms with Crippen LogP contribution in [0.2, 0.25) is 0 Å². The number of rotatable bonds is 6. The summed E-state index contributed by atoms with van der Waals surface area (Å²) in [5.41, 5.74) is 2.25. The third-order valence-electron chi connectivity index (χ3n) is 5.10. The number of hydrogen-bond acceptors (Lipinski definition) is 7. The molecule has 4 aromatic rings. The second kappa shape index (κ2) is 7.33. The minimum absolute atomic E-state index is 0.0593. The van der Waals surface area contributed by atoms with Gasteiger partial charge in [0.05, 0.1) is 17.7 Å². The molecule has 142 valence electrons. The number of aryl methyl sites for hydroxylation is 2. The predicted octanol–water partition coefficient (Wildman–Crippen LogP) is 4.37. The first-order valence-electron chi connectivity index (χ1n) is 9.47. The third-order valence-corrected chi connectivity index (χ3v) is 6.29. The van der Waals surface area contributed by atoms with Gasteiger partial charge in [-0.2, -0.15) is 0 Å². The number of aromatic nitrogens is 3. The molecule has 6 nitrogen and oxygen atoms in total. The Morgan fingerprint density at radius 1 is 1.21 bits per heavy atom. The Morgan fingerprint density at radius 2 is 2.18 bits per heavy atom. The molecule has 1 unspecified atom stereocenters. The van der Waals surface area contributed by atoms with E-state index in [-0.39, 0.29) is 12.6 Å². The van der Waals surface area contributed by atoms with Gasteiger partial charge in [-0.3, -0.25) is 4.98 Å². The molecular weight excluding hydrogens is 372 g/mol. The summed E-state index contributed by atoms with van der Waals surface area (Å²) in [5, 5.41) is 14.2. The van der Waals surface area contributed by atoms with Crippen LogP contribution in [0.15, 0.2) is 47.3 Å². The quantitative estimate of drug-likeness (QED) is 0.507. The Kier molecular flexibility index (Phi) is 4.54. The van der Waals surface area contributed by atoms with Crippen LogP contribution in [-0.4, -0.2) is 26.7 Å². The van der Waals surface area contributed by atoms with Gasteiger partial charge in [0.2, 0.25) is 0 Å².